The highest BCUT2D eigenvalue weighted by molar-refractivity contribution is 6.46. The van der Waals surface area contributed by atoms with Crippen molar-refractivity contribution in [2.75, 3.05) is 20.3 Å². The number of aromatic nitrogens is 1. The van der Waals surface area contributed by atoms with Crippen LogP contribution < -0.4 is 4.74 Å². The molecule has 1 atom stereocenters. The Morgan fingerprint density at radius 3 is 2.36 bits per heavy atom. The monoisotopic (exact) mass is 444 g/mol. The van der Waals surface area contributed by atoms with Crippen LogP contribution in [0.25, 0.3) is 5.76 Å². The molecule has 33 heavy (non-hydrogen) atoms. The average Bonchev–Trinajstić information content (AvgIpc) is 3.12. The van der Waals surface area contributed by atoms with E-state index in [0.29, 0.717) is 23.5 Å². The van der Waals surface area contributed by atoms with Gasteiger partial charge in [0, 0.05) is 31.6 Å². The normalized spacial score (nSPS) is 17.4. The van der Waals surface area contributed by atoms with Crippen molar-refractivity contribution >= 4 is 17.4 Å². The highest BCUT2D eigenvalue weighted by Crippen LogP contribution is 2.39. The van der Waals surface area contributed by atoms with Gasteiger partial charge in [0.05, 0.1) is 18.2 Å². The number of likely N-dealkylation sites (tertiary alicyclic amines) is 1. The second-order valence-electron chi connectivity index (χ2n) is 7.56. The third kappa shape index (κ3) is 4.78. The predicted molar refractivity (Wildman–Crippen MR) is 122 cm³/mol. The molecule has 7 heteroatoms. The summed E-state index contributed by atoms with van der Waals surface area (Å²) in [6.45, 7) is 0.901. The summed E-state index contributed by atoms with van der Waals surface area (Å²) >= 11 is 0. The van der Waals surface area contributed by atoms with Crippen LogP contribution in [0.15, 0.2) is 84.7 Å². The van der Waals surface area contributed by atoms with Crippen LogP contribution >= 0.6 is 0 Å². The minimum Gasteiger partial charge on any atom is -0.507 e. The Balaban J connectivity index is 1.63. The molecule has 1 N–H and O–H groups in total. The van der Waals surface area contributed by atoms with Gasteiger partial charge in [-0.05, 0) is 47.5 Å². The molecule has 1 aliphatic heterocycles. The van der Waals surface area contributed by atoms with Crippen molar-refractivity contribution in [2.45, 2.75) is 12.6 Å². The number of hydrogen-bond donors (Lipinski definition) is 1. The van der Waals surface area contributed by atoms with E-state index in [0.717, 1.165) is 5.56 Å². The van der Waals surface area contributed by atoms with Crippen molar-refractivity contribution in [1.29, 1.82) is 0 Å². The molecule has 1 fully saturated rings. The van der Waals surface area contributed by atoms with Crippen molar-refractivity contribution in [3.63, 3.8) is 0 Å². The Morgan fingerprint density at radius 1 is 1.00 bits per heavy atom. The van der Waals surface area contributed by atoms with Crippen LogP contribution in [0.3, 0.4) is 0 Å². The maximum absolute atomic E-state index is 12.9. The summed E-state index contributed by atoms with van der Waals surface area (Å²) in [4.78, 5) is 31.1. The van der Waals surface area contributed by atoms with Crippen LogP contribution in [0.4, 0.5) is 0 Å². The molecule has 1 aliphatic rings. The van der Waals surface area contributed by atoms with Gasteiger partial charge in [-0.25, -0.2) is 0 Å². The van der Waals surface area contributed by atoms with Crippen molar-refractivity contribution in [3.8, 4) is 5.75 Å². The second kappa shape index (κ2) is 10.1. The van der Waals surface area contributed by atoms with E-state index < -0.39 is 17.7 Å². The molecule has 0 saturated carbocycles. The molecule has 1 amide bonds. The number of hydrogen-bond acceptors (Lipinski definition) is 6. The summed E-state index contributed by atoms with van der Waals surface area (Å²) in [5.41, 5.74) is 2.19. The van der Waals surface area contributed by atoms with Crippen LogP contribution in [-0.4, -0.2) is 46.9 Å². The van der Waals surface area contributed by atoms with E-state index in [9.17, 15) is 14.7 Å². The Kier molecular flexibility index (Phi) is 6.80. The summed E-state index contributed by atoms with van der Waals surface area (Å²) in [6, 6.07) is 19.3. The lowest BCUT2D eigenvalue weighted by molar-refractivity contribution is -0.140. The number of methoxy groups -OCH3 is 1. The third-order valence-electron chi connectivity index (χ3n) is 5.47. The SMILES string of the molecule is COCCN1C(=O)C(=O)C(=C(O)c2ccc(OCc3ccccc3)cc2)[C@H]1c1ccncc1. The smallest absolute Gasteiger partial charge is 0.295 e. The van der Waals surface area contributed by atoms with E-state index in [1.165, 1.54) is 12.0 Å². The van der Waals surface area contributed by atoms with Gasteiger partial charge in [0.2, 0.25) is 0 Å². The topological polar surface area (TPSA) is 89.0 Å². The summed E-state index contributed by atoms with van der Waals surface area (Å²) < 4.78 is 10.9. The van der Waals surface area contributed by atoms with Crippen molar-refractivity contribution in [1.82, 2.24) is 9.88 Å². The molecule has 2 aromatic carbocycles. The number of carbonyl (C=O) groups is 2. The summed E-state index contributed by atoms with van der Waals surface area (Å²) in [5, 5.41) is 11.1. The van der Waals surface area contributed by atoms with Crippen LogP contribution in [0.2, 0.25) is 0 Å². The van der Waals surface area contributed by atoms with Gasteiger partial charge >= 0.3 is 0 Å². The van der Waals surface area contributed by atoms with Crippen LogP contribution in [0.1, 0.15) is 22.7 Å². The zero-order chi connectivity index (χ0) is 23.2. The third-order valence-corrected chi connectivity index (χ3v) is 5.47. The summed E-state index contributed by atoms with van der Waals surface area (Å²) in [7, 11) is 1.53. The zero-order valence-electron chi connectivity index (χ0n) is 18.2. The molecule has 4 rings (SSSR count). The Bertz CT molecular complexity index is 1140. The lowest BCUT2D eigenvalue weighted by Gasteiger charge is -2.24. The first-order valence-corrected chi connectivity index (χ1v) is 10.5. The quantitative estimate of drug-likeness (QED) is 0.324. The molecule has 1 aromatic heterocycles. The Labute approximate surface area is 191 Å². The molecule has 0 spiro atoms. The fourth-order valence-electron chi connectivity index (χ4n) is 3.80. The Hall–Kier alpha value is -3.97. The fourth-order valence-corrected chi connectivity index (χ4v) is 3.80. The lowest BCUT2D eigenvalue weighted by atomic mass is 9.96. The van der Waals surface area contributed by atoms with Gasteiger partial charge in [0.25, 0.3) is 11.7 Å². The van der Waals surface area contributed by atoms with Gasteiger partial charge in [-0.15, -0.1) is 0 Å². The number of amides is 1. The number of ether oxygens (including phenoxy) is 2. The standard InChI is InChI=1S/C26H24N2O5/c1-32-16-15-28-23(19-11-13-27-14-12-19)22(25(30)26(28)31)24(29)20-7-9-21(10-8-20)33-17-18-5-3-2-4-6-18/h2-14,23,29H,15-17H2,1H3/t23-/m1/s1. The van der Waals surface area contributed by atoms with E-state index >= 15 is 0 Å². The highest BCUT2D eigenvalue weighted by Gasteiger charge is 2.45. The molecular formula is C26H24N2O5. The molecule has 168 valence electrons. The van der Waals surface area contributed by atoms with E-state index in [2.05, 4.69) is 4.98 Å². The molecule has 0 unspecified atom stereocenters. The minimum atomic E-state index is -0.727. The van der Waals surface area contributed by atoms with Crippen LogP contribution in [0.5, 0.6) is 5.75 Å². The van der Waals surface area contributed by atoms with Gasteiger partial charge in [-0.1, -0.05) is 30.3 Å². The molecule has 7 nitrogen and oxygen atoms in total. The first-order chi connectivity index (χ1) is 16.1. The van der Waals surface area contributed by atoms with Gasteiger partial charge in [-0.3, -0.25) is 14.6 Å². The number of carbonyl (C=O) groups excluding carboxylic acids is 2. The Morgan fingerprint density at radius 2 is 1.70 bits per heavy atom. The van der Waals surface area contributed by atoms with Gasteiger partial charge < -0.3 is 19.5 Å². The van der Waals surface area contributed by atoms with Gasteiger partial charge in [0.15, 0.2) is 0 Å². The molecule has 0 aliphatic carbocycles. The lowest BCUT2D eigenvalue weighted by Crippen LogP contribution is -2.32. The average molecular weight is 444 g/mol. The predicted octanol–water partition coefficient (Wildman–Crippen LogP) is 3.73. The summed E-state index contributed by atoms with van der Waals surface area (Å²) in [5.74, 6) is -1.00. The first-order valence-electron chi connectivity index (χ1n) is 10.5. The van der Waals surface area contributed by atoms with E-state index in [1.54, 1.807) is 48.8 Å². The van der Waals surface area contributed by atoms with E-state index in [1.807, 2.05) is 30.3 Å². The molecular weight excluding hydrogens is 420 g/mol. The molecule has 0 bridgehead atoms. The van der Waals surface area contributed by atoms with Crippen molar-refractivity contribution in [2.24, 2.45) is 0 Å². The second-order valence-corrected chi connectivity index (χ2v) is 7.56. The highest BCUT2D eigenvalue weighted by atomic mass is 16.5. The fraction of sp³-hybridized carbons (Fsp3) is 0.192. The van der Waals surface area contributed by atoms with E-state index in [-0.39, 0.29) is 24.5 Å². The summed E-state index contributed by atoms with van der Waals surface area (Å²) in [6.07, 6.45) is 3.18. The largest absolute Gasteiger partial charge is 0.507 e. The molecule has 0 radical (unpaired) electrons. The zero-order valence-corrected chi connectivity index (χ0v) is 18.2. The number of rotatable bonds is 8. The number of benzene rings is 2. The molecule has 2 heterocycles. The van der Waals surface area contributed by atoms with Crippen LogP contribution in [-0.2, 0) is 20.9 Å². The molecule has 3 aromatic rings. The number of Topliss-reactive ketones (excluding diaryl/α,β-unsaturated/α-hetero) is 1. The number of aliphatic hydroxyl groups is 1. The van der Waals surface area contributed by atoms with Crippen LogP contribution in [0, 0.1) is 0 Å². The van der Waals surface area contributed by atoms with Gasteiger partial charge in [-0.2, -0.15) is 0 Å². The van der Waals surface area contributed by atoms with Crippen molar-refractivity contribution < 1.29 is 24.2 Å². The number of aliphatic hydroxyl groups excluding tert-OH is 1. The number of nitrogens with zero attached hydrogens (tertiary/aromatic N) is 2. The minimum absolute atomic E-state index is 0.0419. The number of pyridine rings is 1. The van der Waals surface area contributed by atoms with Gasteiger partial charge in [0.1, 0.15) is 18.1 Å². The maximum atomic E-state index is 12.9. The number of ketones is 1. The van der Waals surface area contributed by atoms with E-state index in [4.69, 9.17) is 9.47 Å². The molecule has 1 saturated heterocycles. The maximum Gasteiger partial charge on any atom is 0.295 e. The first kappa shape index (κ1) is 22.2. The van der Waals surface area contributed by atoms with Crippen molar-refractivity contribution in [3.05, 3.63) is 101 Å².